The molecule has 0 aliphatic rings. The molecule has 3 aromatic heterocycles. The van der Waals surface area contributed by atoms with E-state index in [2.05, 4.69) is 404 Å². The van der Waals surface area contributed by atoms with E-state index in [9.17, 15) is 0 Å². The summed E-state index contributed by atoms with van der Waals surface area (Å²) in [6.07, 6.45) is 0. The van der Waals surface area contributed by atoms with Crippen molar-refractivity contribution in [1.29, 1.82) is 0 Å². The SMILES string of the molecule is Cc1c(-n2c(C)[n+](-c3c(-c4ccc(C(C)(C)C)cc4)cccc3-c3ccc(C(C)(C)C)cc3)c3ccccc32)cccc1C(C)(C)C.Cc1c(-n2c(C)[n+](-c3c(-c4ccccc4)cccc3-c3ccccc3)c3ccccc32)cccc1C(C)(C)C.[2H]c1c([2H])c([2H])c(-c2cccc(-c3c([2H])c([2H])c([2H])c(C)c3[2H])c2-[n+]2c(C)n(-c3cccc(C(C)(C)C)c3C)c3ccccc32)c([2H])c1[2H]. The second-order valence-electron chi connectivity index (χ2n) is 38.7. The summed E-state index contributed by atoms with van der Waals surface area (Å²) < 4.78 is 92.1. The third-order valence-corrected chi connectivity index (χ3v) is 25.0. The fourth-order valence-corrected chi connectivity index (χ4v) is 18.8. The van der Waals surface area contributed by atoms with E-state index in [0.717, 1.165) is 28.1 Å². The molecule has 0 saturated carbocycles. The van der Waals surface area contributed by atoms with Crippen LogP contribution in [-0.2, 0) is 27.1 Å². The maximum Gasteiger partial charge on any atom is 0.264 e. The zero-order valence-electron chi connectivity index (χ0n) is 86.4. The normalized spacial score (nSPS) is 13.0. The van der Waals surface area contributed by atoms with Crippen molar-refractivity contribution in [2.24, 2.45) is 0 Å². The van der Waals surface area contributed by atoms with Crippen molar-refractivity contribution < 1.29 is 26.0 Å². The Morgan fingerprint density at radius 2 is 0.500 bits per heavy atom. The van der Waals surface area contributed by atoms with Crippen LogP contribution in [0.2, 0.25) is 0 Å². The van der Waals surface area contributed by atoms with Gasteiger partial charge in [0, 0.05) is 54.2 Å². The minimum absolute atomic E-state index is 0.0181. The lowest BCUT2D eigenvalue weighted by Gasteiger charge is -2.22. The molecule has 0 unspecified atom stereocenters. The van der Waals surface area contributed by atoms with Crippen molar-refractivity contribution in [3.63, 3.8) is 0 Å². The molecule has 126 heavy (non-hydrogen) atoms. The zero-order valence-corrected chi connectivity index (χ0v) is 77.4. The van der Waals surface area contributed by atoms with Crippen molar-refractivity contribution in [2.75, 3.05) is 0 Å². The van der Waals surface area contributed by atoms with Gasteiger partial charge in [-0.2, -0.15) is 27.4 Å². The van der Waals surface area contributed by atoms with Crippen LogP contribution in [0.4, 0.5) is 0 Å². The third kappa shape index (κ3) is 16.6. The van der Waals surface area contributed by atoms with Crippen molar-refractivity contribution in [3.05, 3.63) is 413 Å². The van der Waals surface area contributed by atoms with E-state index < -0.39 is 18.1 Å². The predicted molar refractivity (Wildman–Crippen MR) is 534 cm³/mol. The highest BCUT2D eigenvalue weighted by atomic mass is 15.2. The number of para-hydroxylation sites is 9. The molecule has 6 nitrogen and oxygen atoms in total. The molecule has 3 heterocycles. The zero-order chi connectivity index (χ0) is 96.9. The molecule has 15 aromatic carbocycles. The van der Waals surface area contributed by atoms with Crippen LogP contribution in [0.15, 0.2) is 346 Å². The van der Waals surface area contributed by atoms with Crippen LogP contribution < -0.4 is 13.7 Å². The Morgan fingerprint density at radius 3 is 0.810 bits per heavy atom. The Balaban J connectivity index is 0.000000148. The van der Waals surface area contributed by atoms with Gasteiger partial charge in [0.2, 0.25) is 0 Å². The summed E-state index contributed by atoms with van der Waals surface area (Å²) in [5, 5.41) is 0. The van der Waals surface area contributed by atoms with Gasteiger partial charge in [-0.3, -0.25) is 0 Å². The number of imidazole rings is 3. The number of hydrogen-bond acceptors (Lipinski definition) is 0. The minimum atomic E-state index is -0.506. The summed E-state index contributed by atoms with van der Waals surface area (Å²) >= 11 is 0. The van der Waals surface area contributed by atoms with E-state index in [4.69, 9.17) is 12.3 Å². The molecule has 0 atom stereocenters. The summed E-state index contributed by atoms with van der Waals surface area (Å²) in [6.45, 7) is 48.7. The van der Waals surface area contributed by atoms with Crippen molar-refractivity contribution in [2.45, 2.75) is 179 Å². The van der Waals surface area contributed by atoms with Crippen LogP contribution in [0, 0.1) is 48.5 Å². The molecular weight excluding hydrogens is 1530 g/mol. The van der Waals surface area contributed by atoms with Crippen LogP contribution in [0.1, 0.15) is 184 Å². The molecule has 0 aliphatic carbocycles. The monoisotopic (exact) mass is 1660 g/mol. The molecule has 0 radical (unpaired) electrons. The Kier molecular flexibility index (Phi) is 20.5. The highest BCUT2D eigenvalue weighted by Gasteiger charge is 2.36. The third-order valence-electron chi connectivity index (χ3n) is 25.0. The average Bonchev–Trinajstić information content (AvgIpc) is 1.62. The highest BCUT2D eigenvalue weighted by Crippen LogP contribution is 2.43. The fraction of sp³-hybridized carbons (Fsp3) is 0.225. The largest absolute Gasteiger partial charge is 0.264 e. The van der Waals surface area contributed by atoms with Crippen molar-refractivity contribution >= 4 is 33.1 Å². The molecule has 0 aliphatic heterocycles. The van der Waals surface area contributed by atoms with Gasteiger partial charge in [0.15, 0.2) is 33.1 Å². The first-order valence-corrected chi connectivity index (χ1v) is 44.2. The van der Waals surface area contributed by atoms with Crippen LogP contribution >= 0.6 is 0 Å². The lowest BCUT2D eigenvalue weighted by atomic mass is 9.83. The van der Waals surface area contributed by atoms with Crippen LogP contribution in [-0.4, -0.2) is 13.7 Å². The van der Waals surface area contributed by atoms with Crippen molar-refractivity contribution in [3.8, 4) is 101 Å². The molecular formula is C120H123N6+3. The van der Waals surface area contributed by atoms with Gasteiger partial charge in [0.05, 0.1) is 12.3 Å². The summed E-state index contributed by atoms with van der Waals surface area (Å²) in [5.74, 6) is 3.08. The Bertz CT molecular complexity index is 7370. The lowest BCUT2D eigenvalue weighted by Crippen LogP contribution is -2.35. The van der Waals surface area contributed by atoms with Crippen LogP contribution in [0.5, 0.6) is 0 Å². The Hall–Kier alpha value is -13.3. The molecule has 0 saturated heterocycles. The molecule has 0 N–H and O–H groups in total. The first-order valence-electron chi connectivity index (χ1n) is 48.7. The van der Waals surface area contributed by atoms with Gasteiger partial charge in [0.25, 0.3) is 17.5 Å². The van der Waals surface area contributed by atoms with Crippen LogP contribution in [0.3, 0.4) is 0 Å². The molecule has 0 amide bonds. The van der Waals surface area contributed by atoms with Gasteiger partial charge < -0.3 is 0 Å². The highest BCUT2D eigenvalue weighted by molar-refractivity contribution is 5.89. The second kappa shape index (κ2) is 34.3. The van der Waals surface area contributed by atoms with E-state index in [-0.39, 0.29) is 80.0 Å². The smallest absolute Gasteiger partial charge is 0.192 e. The van der Waals surface area contributed by atoms with E-state index in [1.165, 1.54) is 140 Å². The maximum atomic E-state index is 9.10. The summed E-state index contributed by atoms with van der Waals surface area (Å²) in [6, 6.07) is 101. The van der Waals surface area contributed by atoms with Gasteiger partial charge in [-0.05, 0) is 187 Å². The molecule has 0 spiro atoms. The lowest BCUT2D eigenvalue weighted by molar-refractivity contribution is -0.574. The molecule has 0 bridgehead atoms. The van der Waals surface area contributed by atoms with Gasteiger partial charge in [-0.25, -0.2) is 0 Å². The number of aromatic nitrogens is 6. The standard InChI is InChI=1S/C45H51N2.C38H37N2.C37H35N2/c1-30-38(45(9,10)11)18-15-21-39(30)46-31(2)47(41-20-13-12-19-40(41)46)42-36(32-22-26-34(27-23-32)43(3,4)5)16-14-17-37(42)33-24-28-35(29-25-33)44(6,7)8;1-26-15-12-18-30(25-26)32-20-13-19-31(29-16-8-7-9-17-29)37(32)40-28(3)39(35-22-10-11-23-36(35)40)34-24-14-21-33(27(34)2)38(4,5)6;1-26-32(37(3,4)5)22-15-25-33(26)38-27(2)39(35-24-13-12-23-34(35)38)36-30(28-16-8-6-9-17-28)20-14-21-31(36)29-18-10-7-11-19-29/h12-29H,1-11H3;7-25H,1-6H3;6-25H,1-5H3/q3*+1/i;7D,8D,9D,12D,15D,16D,17D,18D,25D;. The predicted octanol–water partition coefficient (Wildman–Crippen LogP) is 30.4. The quantitative estimate of drug-likeness (QED) is 0.109. The van der Waals surface area contributed by atoms with Gasteiger partial charge >= 0.3 is 0 Å². The minimum Gasteiger partial charge on any atom is -0.192 e. The topological polar surface area (TPSA) is 26.4 Å². The van der Waals surface area contributed by atoms with Crippen LogP contribution in [0.25, 0.3) is 134 Å². The number of hydrogen-bond donors (Lipinski definition) is 0. The van der Waals surface area contributed by atoms with E-state index in [1.54, 1.807) is 25.1 Å². The second-order valence-corrected chi connectivity index (χ2v) is 38.7. The molecule has 18 aromatic rings. The molecule has 6 heteroatoms. The summed E-state index contributed by atoms with van der Waals surface area (Å²) in [7, 11) is 0. The Labute approximate surface area is 761 Å². The van der Waals surface area contributed by atoms with Crippen molar-refractivity contribution in [1.82, 2.24) is 13.7 Å². The number of fused-ring (bicyclic) bond motifs is 3. The number of rotatable bonds is 12. The first kappa shape index (κ1) is 75.3. The van der Waals surface area contributed by atoms with E-state index >= 15 is 0 Å². The number of benzene rings is 15. The molecule has 0 fully saturated rings. The van der Waals surface area contributed by atoms with E-state index in [0.29, 0.717) is 16.8 Å². The van der Waals surface area contributed by atoms with Gasteiger partial charge in [0.1, 0.15) is 34.1 Å². The summed E-state index contributed by atoms with van der Waals surface area (Å²) in [5.41, 5.74) is 33.9. The van der Waals surface area contributed by atoms with Gasteiger partial charge in [-0.1, -0.05) is 400 Å². The number of nitrogens with zero attached hydrogens (tertiary/aromatic N) is 6. The fourth-order valence-electron chi connectivity index (χ4n) is 18.8. The summed E-state index contributed by atoms with van der Waals surface area (Å²) in [4.78, 5) is 0. The Morgan fingerprint density at radius 1 is 0.230 bits per heavy atom. The first-order chi connectivity index (χ1) is 63.9. The van der Waals surface area contributed by atoms with E-state index in [1.807, 2.05) is 41.8 Å². The molecule has 18 rings (SSSR count). The van der Waals surface area contributed by atoms with Gasteiger partial charge in [-0.15, -0.1) is 0 Å². The maximum absolute atomic E-state index is 9.10. The molecule has 630 valence electrons. The average molecular weight is 1660 g/mol.